The van der Waals surface area contributed by atoms with Crippen LogP contribution < -0.4 is 0 Å². The molecule has 1 aromatic rings. The highest BCUT2D eigenvalue weighted by Crippen LogP contribution is 2.24. The van der Waals surface area contributed by atoms with Crippen molar-refractivity contribution in [3.8, 4) is 0 Å². The lowest BCUT2D eigenvalue weighted by atomic mass is 10.1. The van der Waals surface area contributed by atoms with Crippen molar-refractivity contribution in [2.45, 2.75) is 24.1 Å². The molecule has 0 spiro atoms. The van der Waals surface area contributed by atoms with Crippen LogP contribution in [0.15, 0.2) is 24.3 Å². The molecule has 1 N–H and O–H groups in total. The number of nitrogens with zero attached hydrogens (tertiary/aromatic N) is 1. The van der Waals surface area contributed by atoms with E-state index in [4.69, 9.17) is 11.6 Å². The van der Waals surface area contributed by atoms with Gasteiger partial charge in [-0.25, -0.2) is 4.79 Å². The molecular weight excluding hydrogens is 337 g/mol. The summed E-state index contributed by atoms with van der Waals surface area (Å²) in [4.78, 5) is 24.1. The second-order valence-electron chi connectivity index (χ2n) is 5.03. The van der Waals surface area contributed by atoms with Gasteiger partial charge in [0.15, 0.2) is 0 Å². The first kappa shape index (κ1) is 16.7. The zero-order valence-corrected chi connectivity index (χ0v) is 12.8. The number of rotatable bonds is 5. The van der Waals surface area contributed by atoms with E-state index in [1.54, 1.807) is 24.3 Å². The van der Waals surface area contributed by atoms with Crippen molar-refractivity contribution in [2.75, 3.05) is 6.54 Å². The molecule has 1 aromatic carbocycles. The molecule has 1 heterocycles. The third kappa shape index (κ3) is 3.75. The van der Waals surface area contributed by atoms with Crippen molar-refractivity contribution in [3.63, 3.8) is 0 Å². The maximum atomic E-state index is 13.0. The normalized spacial score (nSPS) is 20.2. The number of aliphatic carboxylic acids is 1. The highest BCUT2D eigenvalue weighted by molar-refractivity contribution is 7.87. The molecule has 0 radical (unpaired) electrons. The summed E-state index contributed by atoms with van der Waals surface area (Å²) in [6, 6.07) is 5.14. The number of carboxylic acid groups (broad SMARTS) is 1. The largest absolute Gasteiger partial charge is 0.480 e. The van der Waals surface area contributed by atoms with Gasteiger partial charge in [0.05, 0.1) is 0 Å². The lowest BCUT2D eigenvalue weighted by Gasteiger charge is -2.24. The number of carbonyl (C=O) groups excluding carboxylic acids is 1. The van der Waals surface area contributed by atoms with Crippen LogP contribution in [0.3, 0.4) is 0 Å². The Labute approximate surface area is 131 Å². The molecule has 0 aliphatic carbocycles. The van der Waals surface area contributed by atoms with Crippen LogP contribution in [0.1, 0.15) is 12.0 Å². The van der Waals surface area contributed by atoms with Gasteiger partial charge in [0.1, 0.15) is 11.3 Å². The topological polar surface area (TPSA) is 91.8 Å². The molecule has 120 valence electrons. The summed E-state index contributed by atoms with van der Waals surface area (Å²) in [5, 5.41) is 8.27. The number of amides is 1. The second kappa shape index (κ2) is 6.21. The summed E-state index contributed by atoms with van der Waals surface area (Å²) < 4.78 is 34.8. The van der Waals surface area contributed by atoms with Crippen LogP contribution in [0.25, 0.3) is 0 Å². The second-order valence-corrected chi connectivity index (χ2v) is 7.09. The predicted molar refractivity (Wildman–Crippen MR) is 76.7 cm³/mol. The Morgan fingerprint density at radius 2 is 2.00 bits per heavy atom. The SMILES string of the molecule is O=C(O)[C@H](Cc1ccc(Cl)cc1)N1CC(S(=O)(=O)F)CC1=O. The van der Waals surface area contributed by atoms with Gasteiger partial charge in [-0.3, -0.25) is 4.79 Å². The average Bonchev–Trinajstić information content (AvgIpc) is 2.79. The Morgan fingerprint density at radius 3 is 2.45 bits per heavy atom. The number of carboxylic acids is 1. The third-order valence-electron chi connectivity index (χ3n) is 3.52. The van der Waals surface area contributed by atoms with Crippen LogP contribution >= 0.6 is 11.6 Å². The number of carbonyl (C=O) groups is 2. The Morgan fingerprint density at radius 1 is 1.41 bits per heavy atom. The molecule has 1 saturated heterocycles. The van der Waals surface area contributed by atoms with E-state index in [1.165, 1.54) is 0 Å². The minimum Gasteiger partial charge on any atom is -0.480 e. The van der Waals surface area contributed by atoms with E-state index in [0.717, 1.165) is 4.90 Å². The van der Waals surface area contributed by atoms with E-state index in [0.29, 0.717) is 10.6 Å². The Balaban J connectivity index is 2.20. The van der Waals surface area contributed by atoms with Crippen molar-refractivity contribution in [1.29, 1.82) is 0 Å². The first-order valence-corrected chi connectivity index (χ1v) is 8.21. The van der Waals surface area contributed by atoms with Crippen molar-refractivity contribution in [3.05, 3.63) is 34.9 Å². The fourth-order valence-corrected chi connectivity index (χ4v) is 3.17. The zero-order chi connectivity index (χ0) is 16.5. The van der Waals surface area contributed by atoms with Crippen molar-refractivity contribution in [1.82, 2.24) is 4.90 Å². The lowest BCUT2D eigenvalue weighted by molar-refractivity contribution is -0.148. The molecule has 0 bridgehead atoms. The van der Waals surface area contributed by atoms with Crippen LogP contribution in [0.5, 0.6) is 0 Å². The molecule has 1 aliphatic rings. The molecular formula is C13H13ClFNO5S. The van der Waals surface area contributed by atoms with E-state index in [1.807, 2.05) is 0 Å². The van der Waals surface area contributed by atoms with Gasteiger partial charge in [0.2, 0.25) is 5.91 Å². The maximum Gasteiger partial charge on any atom is 0.326 e. The molecule has 0 saturated carbocycles. The zero-order valence-electron chi connectivity index (χ0n) is 11.3. The summed E-state index contributed by atoms with van der Waals surface area (Å²) in [7, 11) is -4.88. The highest BCUT2D eigenvalue weighted by atomic mass is 35.5. The number of likely N-dealkylation sites (tertiary alicyclic amines) is 1. The predicted octanol–water partition coefficient (Wildman–Crippen LogP) is 1.24. The van der Waals surface area contributed by atoms with Gasteiger partial charge < -0.3 is 10.0 Å². The van der Waals surface area contributed by atoms with Crippen molar-refractivity contribution in [2.24, 2.45) is 0 Å². The quantitative estimate of drug-likeness (QED) is 0.807. The minimum absolute atomic E-state index is 0.0166. The molecule has 0 aromatic heterocycles. The molecule has 1 aliphatic heterocycles. The summed E-state index contributed by atoms with van der Waals surface area (Å²) in [5.74, 6) is -1.97. The Bertz CT molecular complexity index is 691. The smallest absolute Gasteiger partial charge is 0.326 e. The van der Waals surface area contributed by atoms with Crippen LogP contribution in [-0.4, -0.2) is 48.1 Å². The monoisotopic (exact) mass is 349 g/mol. The summed E-state index contributed by atoms with van der Waals surface area (Å²) in [5.41, 5.74) is 0.621. The van der Waals surface area contributed by atoms with Crippen molar-refractivity contribution < 1.29 is 27.0 Å². The lowest BCUT2D eigenvalue weighted by Crippen LogP contribution is -2.44. The van der Waals surface area contributed by atoms with Crippen LogP contribution in [0.4, 0.5) is 3.89 Å². The number of hydrogen-bond donors (Lipinski definition) is 1. The molecule has 22 heavy (non-hydrogen) atoms. The number of hydrogen-bond acceptors (Lipinski definition) is 4. The average molecular weight is 350 g/mol. The van der Waals surface area contributed by atoms with E-state index in [-0.39, 0.29) is 6.42 Å². The van der Waals surface area contributed by atoms with Gasteiger partial charge in [-0.2, -0.15) is 8.42 Å². The van der Waals surface area contributed by atoms with Crippen LogP contribution in [0, 0.1) is 0 Å². The van der Waals surface area contributed by atoms with Gasteiger partial charge in [0.25, 0.3) is 0 Å². The first-order chi connectivity index (χ1) is 10.2. The Kier molecular flexibility index (Phi) is 4.72. The standard InChI is InChI=1S/C13H13ClFNO5S/c14-9-3-1-8(2-4-9)5-11(13(18)19)16-7-10(6-12(16)17)22(15,20)21/h1-4,10-11H,5-7H2,(H,18,19)/t10?,11-/m0/s1. The number of halogens is 2. The molecule has 2 rings (SSSR count). The summed E-state index contributed by atoms with van der Waals surface area (Å²) in [6.45, 7) is -0.456. The Hall–Kier alpha value is -1.67. The molecule has 1 amide bonds. The molecule has 9 heteroatoms. The molecule has 2 atom stereocenters. The van der Waals surface area contributed by atoms with Crippen molar-refractivity contribution >= 4 is 33.7 Å². The molecule has 1 fully saturated rings. The van der Waals surface area contributed by atoms with Gasteiger partial charge in [-0.05, 0) is 17.7 Å². The van der Waals surface area contributed by atoms with Crippen LogP contribution in [-0.2, 0) is 26.2 Å². The highest BCUT2D eigenvalue weighted by Gasteiger charge is 2.43. The molecule has 1 unspecified atom stereocenters. The van der Waals surface area contributed by atoms with E-state index in [2.05, 4.69) is 0 Å². The number of benzene rings is 1. The first-order valence-electron chi connectivity index (χ1n) is 6.38. The third-order valence-corrected chi connectivity index (χ3v) is 4.89. The van der Waals surface area contributed by atoms with Crippen LogP contribution in [0.2, 0.25) is 5.02 Å². The van der Waals surface area contributed by atoms with E-state index < -0.39 is 46.4 Å². The van der Waals surface area contributed by atoms with Gasteiger partial charge in [-0.15, -0.1) is 3.89 Å². The molecule has 6 nitrogen and oxygen atoms in total. The summed E-state index contributed by atoms with van der Waals surface area (Å²) >= 11 is 5.74. The van der Waals surface area contributed by atoms with Gasteiger partial charge in [-0.1, -0.05) is 23.7 Å². The fraction of sp³-hybridized carbons (Fsp3) is 0.385. The van der Waals surface area contributed by atoms with Gasteiger partial charge in [0, 0.05) is 24.4 Å². The maximum absolute atomic E-state index is 13.0. The van der Waals surface area contributed by atoms with E-state index in [9.17, 15) is 27.0 Å². The fourth-order valence-electron chi connectivity index (χ4n) is 2.36. The van der Waals surface area contributed by atoms with E-state index >= 15 is 0 Å². The minimum atomic E-state index is -4.88. The van der Waals surface area contributed by atoms with Gasteiger partial charge >= 0.3 is 16.2 Å². The summed E-state index contributed by atoms with van der Waals surface area (Å²) in [6.07, 6.45) is -0.555.